The summed E-state index contributed by atoms with van der Waals surface area (Å²) in [5.41, 5.74) is 3.58. The molecule has 0 aliphatic carbocycles. The lowest BCUT2D eigenvalue weighted by atomic mass is 10.0. The summed E-state index contributed by atoms with van der Waals surface area (Å²) < 4.78 is 6.33. The van der Waals surface area contributed by atoms with E-state index in [1.807, 2.05) is 30.3 Å². The van der Waals surface area contributed by atoms with Crippen molar-refractivity contribution in [2.75, 3.05) is 0 Å². The maximum absolute atomic E-state index is 12.5. The molecule has 0 aliphatic rings. The van der Waals surface area contributed by atoms with Crippen molar-refractivity contribution in [2.45, 2.75) is 19.8 Å². The Morgan fingerprint density at radius 2 is 1.97 bits per heavy atom. The van der Waals surface area contributed by atoms with E-state index in [-0.39, 0.29) is 0 Å². The summed E-state index contributed by atoms with van der Waals surface area (Å²) in [6, 6.07) is 17.6. The first-order valence-corrected chi connectivity index (χ1v) is 11.0. The van der Waals surface area contributed by atoms with Crippen molar-refractivity contribution in [1.82, 2.24) is 4.98 Å². The number of benzene rings is 2. The molecule has 0 atom stereocenters. The quantitative estimate of drug-likeness (QED) is 0.238. The summed E-state index contributed by atoms with van der Waals surface area (Å²) >= 11 is 4.76. The summed E-state index contributed by atoms with van der Waals surface area (Å²) in [6.45, 7) is 4.29. The minimum Gasteiger partial charge on any atom is -0.422 e. The van der Waals surface area contributed by atoms with Gasteiger partial charge in [0.25, 0.3) is 0 Å². The molecule has 0 N–H and O–H groups in total. The molecule has 0 aliphatic heterocycles. The van der Waals surface area contributed by atoms with E-state index in [1.165, 1.54) is 16.9 Å². The minimum atomic E-state index is -0.451. The summed E-state index contributed by atoms with van der Waals surface area (Å²) in [5, 5.41) is 12.8. The average molecular weight is 477 g/mol. The normalized spacial score (nSPS) is 11.8. The highest BCUT2D eigenvalue weighted by Crippen LogP contribution is 2.28. The van der Waals surface area contributed by atoms with E-state index >= 15 is 0 Å². The van der Waals surface area contributed by atoms with Crippen molar-refractivity contribution in [1.29, 1.82) is 5.26 Å². The van der Waals surface area contributed by atoms with Crippen LogP contribution < -0.4 is 5.63 Å². The van der Waals surface area contributed by atoms with Gasteiger partial charge in [0.1, 0.15) is 16.7 Å². The van der Waals surface area contributed by atoms with Gasteiger partial charge in [-0.15, -0.1) is 11.3 Å². The number of aromatic nitrogens is 1. The van der Waals surface area contributed by atoms with E-state index in [9.17, 15) is 10.1 Å². The van der Waals surface area contributed by atoms with Crippen LogP contribution in [0.1, 0.15) is 35.9 Å². The van der Waals surface area contributed by atoms with Gasteiger partial charge in [-0.3, -0.25) is 0 Å². The molecule has 0 spiro atoms. The van der Waals surface area contributed by atoms with Gasteiger partial charge in [-0.1, -0.05) is 54.0 Å². The Kier molecular flexibility index (Phi) is 5.67. The SMILES string of the molecule is CC(C)c1ccc(/C=C(/C#N)c2nc(-c3cc4cc(Br)ccc4oc3=O)cs2)cc1. The number of fused-ring (bicyclic) bond motifs is 1. The van der Waals surface area contributed by atoms with Crippen LogP contribution in [-0.2, 0) is 0 Å². The molecule has 0 amide bonds. The molecule has 6 heteroatoms. The maximum atomic E-state index is 12.5. The molecule has 2 heterocycles. The van der Waals surface area contributed by atoms with Crippen LogP contribution in [0, 0.1) is 11.3 Å². The monoisotopic (exact) mass is 476 g/mol. The zero-order chi connectivity index (χ0) is 21.3. The lowest BCUT2D eigenvalue weighted by molar-refractivity contribution is 0.563. The van der Waals surface area contributed by atoms with Crippen LogP contribution in [-0.4, -0.2) is 4.98 Å². The second-order valence-corrected chi connectivity index (χ2v) is 8.93. The number of nitriles is 1. The van der Waals surface area contributed by atoms with E-state index in [0.29, 0.717) is 33.3 Å². The minimum absolute atomic E-state index is 0.377. The first-order valence-electron chi connectivity index (χ1n) is 9.36. The van der Waals surface area contributed by atoms with Crippen molar-refractivity contribution in [3.8, 4) is 17.3 Å². The van der Waals surface area contributed by atoms with Crippen LogP contribution in [0.3, 0.4) is 0 Å². The van der Waals surface area contributed by atoms with E-state index in [1.54, 1.807) is 17.5 Å². The molecule has 148 valence electrons. The van der Waals surface area contributed by atoms with Crippen LogP contribution in [0.25, 0.3) is 33.9 Å². The molecule has 0 bridgehead atoms. The Bertz CT molecular complexity index is 1360. The molecule has 0 radical (unpaired) electrons. The Labute approximate surface area is 186 Å². The van der Waals surface area contributed by atoms with Gasteiger partial charge in [0.05, 0.1) is 16.8 Å². The predicted molar refractivity (Wildman–Crippen MR) is 125 cm³/mol. The Hall–Kier alpha value is -3.01. The zero-order valence-electron chi connectivity index (χ0n) is 16.3. The number of allylic oxidation sites excluding steroid dienone is 1. The van der Waals surface area contributed by atoms with Gasteiger partial charge < -0.3 is 4.42 Å². The molecule has 0 saturated heterocycles. The molecule has 4 nitrogen and oxygen atoms in total. The summed E-state index contributed by atoms with van der Waals surface area (Å²) in [6.07, 6.45) is 1.81. The first kappa shape index (κ1) is 20.3. The number of rotatable bonds is 4. The molecule has 0 saturated carbocycles. The smallest absolute Gasteiger partial charge is 0.345 e. The lowest BCUT2D eigenvalue weighted by Crippen LogP contribution is -2.02. The van der Waals surface area contributed by atoms with Crippen molar-refractivity contribution in [3.05, 3.63) is 84.9 Å². The fraction of sp³-hybridized carbons (Fsp3) is 0.125. The van der Waals surface area contributed by atoms with Gasteiger partial charge in [-0.25, -0.2) is 9.78 Å². The van der Waals surface area contributed by atoms with Gasteiger partial charge in [-0.05, 0) is 47.4 Å². The van der Waals surface area contributed by atoms with Crippen molar-refractivity contribution < 1.29 is 4.42 Å². The topological polar surface area (TPSA) is 66.9 Å². The highest BCUT2D eigenvalue weighted by atomic mass is 79.9. The number of nitrogens with zero attached hydrogens (tertiary/aromatic N) is 2. The van der Waals surface area contributed by atoms with Gasteiger partial charge in [0.2, 0.25) is 0 Å². The van der Waals surface area contributed by atoms with Crippen LogP contribution >= 0.6 is 27.3 Å². The maximum Gasteiger partial charge on any atom is 0.345 e. The summed E-state index contributed by atoms with van der Waals surface area (Å²) in [7, 11) is 0. The van der Waals surface area contributed by atoms with Crippen molar-refractivity contribution in [2.24, 2.45) is 0 Å². The second kappa shape index (κ2) is 8.39. The van der Waals surface area contributed by atoms with Crippen molar-refractivity contribution >= 4 is 49.9 Å². The van der Waals surface area contributed by atoms with Crippen LogP contribution in [0.4, 0.5) is 0 Å². The third kappa shape index (κ3) is 4.13. The van der Waals surface area contributed by atoms with Crippen LogP contribution in [0.5, 0.6) is 0 Å². The predicted octanol–water partition coefficient (Wildman–Crippen LogP) is 6.87. The molecule has 2 aromatic carbocycles. The van der Waals surface area contributed by atoms with E-state index in [2.05, 4.69) is 53.0 Å². The first-order chi connectivity index (χ1) is 14.4. The van der Waals surface area contributed by atoms with E-state index < -0.39 is 5.63 Å². The van der Waals surface area contributed by atoms with E-state index in [4.69, 9.17) is 4.42 Å². The molecule has 4 rings (SSSR count). The van der Waals surface area contributed by atoms with Crippen LogP contribution in [0.15, 0.2) is 67.6 Å². The largest absolute Gasteiger partial charge is 0.422 e. The van der Waals surface area contributed by atoms with Gasteiger partial charge in [0, 0.05) is 15.2 Å². The lowest BCUT2D eigenvalue weighted by Gasteiger charge is -2.04. The van der Waals surface area contributed by atoms with Gasteiger partial charge >= 0.3 is 5.63 Å². The Morgan fingerprint density at radius 1 is 1.20 bits per heavy atom. The summed E-state index contributed by atoms with van der Waals surface area (Å²) in [5.74, 6) is 0.453. The third-order valence-electron chi connectivity index (χ3n) is 4.74. The standard InChI is InChI=1S/C24H17BrN2O2S/c1-14(2)16-5-3-15(4-6-16)9-18(12-26)23-27-21(13-30-23)20-11-17-10-19(25)7-8-22(17)29-24(20)28/h3-11,13-14H,1-2H3/b18-9-. The molecule has 0 fully saturated rings. The number of hydrogen-bond donors (Lipinski definition) is 0. The second-order valence-electron chi connectivity index (χ2n) is 7.16. The fourth-order valence-corrected chi connectivity index (χ4v) is 4.24. The highest BCUT2D eigenvalue weighted by Gasteiger charge is 2.14. The van der Waals surface area contributed by atoms with Gasteiger partial charge in [0.15, 0.2) is 0 Å². The number of halogens is 1. The number of thiazole rings is 1. The van der Waals surface area contributed by atoms with E-state index in [0.717, 1.165) is 15.4 Å². The fourth-order valence-electron chi connectivity index (χ4n) is 3.08. The molecular formula is C24H17BrN2O2S. The molecule has 30 heavy (non-hydrogen) atoms. The molecular weight excluding hydrogens is 460 g/mol. The molecule has 2 aromatic heterocycles. The molecule has 4 aromatic rings. The highest BCUT2D eigenvalue weighted by molar-refractivity contribution is 9.10. The zero-order valence-corrected chi connectivity index (χ0v) is 18.8. The third-order valence-corrected chi connectivity index (χ3v) is 6.11. The molecule has 0 unspecified atom stereocenters. The average Bonchev–Trinajstić information content (AvgIpc) is 3.22. The summed E-state index contributed by atoms with van der Waals surface area (Å²) in [4.78, 5) is 17.0. The Balaban J connectivity index is 1.70. The van der Waals surface area contributed by atoms with Crippen LogP contribution in [0.2, 0.25) is 0 Å². The number of hydrogen-bond acceptors (Lipinski definition) is 5. The van der Waals surface area contributed by atoms with Gasteiger partial charge in [-0.2, -0.15) is 5.26 Å². The Morgan fingerprint density at radius 3 is 2.67 bits per heavy atom. The van der Waals surface area contributed by atoms with Crippen molar-refractivity contribution in [3.63, 3.8) is 0 Å².